The zero-order valence-corrected chi connectivity index (χ0v) is 14.0. The molecule has 0 bridgehead atoms. The summed E-state index contributed by atoms with van der Waals surface area (Å²) in [5.74, 6) is 0.322. The molecule has 0 aliphatic rings. The molecule has 1 amide bonds. The van der Waals surface area contributed by atoms with Crippen molar-refractivity contribution in [3.63, 3.8) is 0 Å². The molecule has 20 heavy (non-hydrogen) atoms. The Kier molecular flexibility index (Phi) is 7.72. The summed E-state index contributed by atoms with van der Waals surface area (Å²) in [6.45, 7) is 7.95. The Morgan fingerprint density at radius 3 is 2.00 bits per heavy atom. The van der Waals surface area contributed by atoms with Crippen molar-refractivity contribution in [1.29, 1.82) is 0 Å². The van der Waals surface area contributed by atoms with Crippen molar-refractivity contribution in [3.05, 3.63) is 11.9 Å². The van der Waals surface area contributed by atoms with Gasteiger partial charge in [-0.1, -0.05) is 0 Å². The maximum Gasteiger partial charge on any atom is 0.275 e. The van der Waals surface area contributed by atoms with Crippen molar-refractivity contribution in [2.75, 3.05) is 28.2 Å². The predicted molar refractivity (Wildman–Crippen MR) is 84.4 cm³/mol. The fraction of sp³-hybridized carbons (Fsp3) is 0.714. The van der Waals surface area contributed by atoms with Gasteiger partial charge in [-0.2, -0.15) is 0 Å². The lowest BCUT2D eigenvalue weighted by molar-refractivity contribution is -0.117. The van der Waals surface area contributed by atoms with Crippen LogP contribution in [0, 0.1) is 0 Å². The molecule has 0 unspecified atom stereocenters. The topological polar surface area (TPSA) is 60.0 Å². The number of hydrogen-bond acceptors (Lipinski definition) is 4. The van der Waals surface area contributed by atoms with E-state index in [1.54, 1.807) is 11.1 Å². The molecule has 0 saturated carbocycles. The van der Waals surface area contributed by atoms with Crippen LogP contribution in [0.4, 0.5) is 0 Å². The summed E-state index contributed by atoms with van der Waals surface area (Å²) in [4.78, 5) is 20.3. The van der Waals surface area contributed by atoms with Gasteiger partial charge in [0.1, 0.15) is 5.70 Å². The van der Waals surface area contributed by atoms with E-state index in [9.17, 15) is 4.79 Å². The average molecular weight is 283 g/mol. The fourth-order valence-corrected chi connectivity index (χ4v) is 1.43. The van der Waals surface area contributed by atoms with E-state index in [0.717, 1.165) is 0 Å². The Labute approximate surface area is 122 Å². The molecule has 116 valence electrons. The van der Waals surface area contributed by atoms with Gasteiger partial charge in [0, 0.05) is 46.5 Å². The maximum absolute atomic E-state index is 12.3. The Hall–Kier alpha value is -1.72. The summed E-state index contributed by atoms with van der Waals surface area (Å²) >= 11 is 0. The molecule has 0 heterocycles. The summed E-state index contributed by atoms with van der Waals surface area (Å²) in [5, 5.41) is 5.98. The number of rotatable bonds is 5. The van der Waals surface area contributed by atoms with Crippen molar-refractivity contribution >= 4 is 11.9 Å². The van der Waals surface area contributed by atoms with Gasteiger partial charge in [-0.05, 0) is 27.7 Å². The van der Waals surface area contributed by atoms with Gasteiger partial charge in [0.25, 0.3) is 5.91 Å². The Morgan fingerprint density at radius 1 is 1.10 bits per heavy atom. The summed E-state index contributed by atoms with van der Waals surface area (Å²) in [6, 6.07) is 0.311. The highest BCUT2D eigenvalue weighted by molar-refractivity contribution is 6.04. The number of carbonyl (C=O) groups excluding carboxylic acids is 1. The lowest BCUT2D eigenvalue weighted by atomic mass is 10.3. The molecule has 2 N–H and O–H groups in total. The molecule has 0 fully saturated rings. The van der Waals surface area contributed by atoms with Crippen molar-refractivity contribution < 1.29 is 4.79 Å². The van der Waals surface area contributed by atoms with Crippen LogP contribution in [-0.2, 0) is 4.79 Å². The van der Waals surface area contributed by atoms with Crippen LogP contribution >= 0.6 is 0 Å². The van der Waals surface area contributed by atoms with Crippen LogP contribution in [0.15, 0.2) is 16.9 Å². The van der Waals surface area contributed by atoms with Crippen molar-refractivity contribution in [2.45, 2.75) is 39.8 Å². The summed E-state index contributed by atoms with van der Waals surface area (Å²) in [7, 11) is 7.44. The number of hydrogen-bond donors (Lipinski definition) is 2. The van der Waals surface area contributed by atoms with Crippen LogP contribution < -0.4 is 10.6 Å². The van der Waals surface area contributed by atoms with E-state index >= 15 is 0 Å². The molecule has 0 aromatic heterocycles. The highest BCUT2D eigenvalue weighted by atomic mass is 16.2. The van der Waals surface area contributed by atoms with Crippen LogP contribution in [0.5, 0.6) is 0 Å². The molecule has 0 spiro atoms. The molecular formula is C14H29N5O. The highest BCUT2D eigenvalue weighted by Gasteiger charge is 2.15. The standard InChI is InChI=1S/C14H29N5O/c1-10(2)15-14(16-11(3)4)17-13(20)12(19(7)8)9-18(5)6/h9-11H,1-8H3,(H2,15,16,17,20). The van der Waals surface area contributed by atoms with Crippen LogP contribution in [0.3, 0.4) is 0 Å². The molecule has 0 atom stereocenters. The summed E-state index contributed by atoms with van der Waals surface area (Å²) < 4.78 is 0. The van der Waals surface area contributed by atoms with E-state index < -0.39 is 0 Å². The van der Waals surface area contributed by atoms with Gasteiger partial charge in [0.15, 0.2) is 5.96 Å². The third-order valence-corrected chi connectivity index (χ3v) is 2.14. The molecule has 0 aliphatic heterocycles. The minimum Gasteiger partial charge on any atom is -0.382 e. The average Bonchev–Trinajstić information content (AvgIpc) is 2.22. The van der Waals surface area contributed by atoms with E-state index in [2.05, 4.69) is 15.6 Å². The first-order valence-electron chi connectivity index (χ1n) is 6.84. The van der Waals surface area contributed by atoms with Gasteiger partial charge < -0.3 is 15.1 Å². The minimum absolute atomic E-state index is 0.109. The third-order valence-electron chi connectivity index (χ3n) is 2.14. The molecule has 6 nitrogen and oxygen atoms in total. The Bertz CT molecular complexity index is 370. The van der Waals surface area contributed by atoms with Gasteiger partial charge in [-0.25, -0.2) is 0 Å². The monoisotopic (exact) mass is 283 g/mol. The van der Waals surface area contributed by atoms with Gasteiger partial charge in [0.2, 0.25) is 0 Å². The van der Waals surface area contributed by atoms with E-state index in [0.29, 0.717) is 11.7 Å². The van der Waals surface area contributed by atoms with E-state index in [-0.39, 0.29) is 18.0 Å². The quantitative estimate of drug-likeness (QED) is 0.446. The largest absolute Gasteiger partial charge is 0.382 e. The van der Waals surface area contributed by atoms with Gasteiger partial charge in [-0.3, -0.25) is 15.1 Å². The zero-order chi connectivity index (χ0) is 15.9. The van der Waals surface area contributed by atoms with Gasteiger partial charge in [0.05, 0.1) is 0 Å². The molecule has 6 heteroatoms. The van der Waals surface area contributed by atoms with Crippen LogP contribution in [0.2, 0.25) is 0 Å². The molecule has 0 saturated heterocycles. The highest BCUT2D eigenvalue weighted by Crippen LogP contribution is 2.00. The maximum atomic E-state index is 12.3. The van der Waals surface area contributed by atoms with Crippen LogP contribution in [0.1, 0.15) is 27.7 Å². The molecule has 0 aliphatic carbocycles. The number of guanidine groups is 1. The van der Waals surface area contributed by atoms with Gasteiger partial charge >= 0.3 is 0 Å². The predicted octanol–water partition coefficient (Wildman–Crippen LogP) is 0.830. The minimum atomic E-state index is -0.184. The lowest BCUT2D eigenvalue weighted by Crippen LogP contribution is -2.46. The van der Waals surface area contributed by atoms with E-state index in [1.807, 2.05) is 60.8 Å². The molecule has 0 aromatic carbocycles. The van der Waals surface area contributed by atoms with Crippen molar-refractivity contribution in [3.8, 4) is 0 Å². The van der Waals surface area contributed by atoms with Crippen molar-refractivity contribution in [2.24, 2.45) is 4.99 Å². The van der Waals surface area contributed by atoms with Gasteiger partial charge in [-0.15, -0.1) is 0 Å². The summed E-state index contributed by atoms with van der Waals surface area (Å²) in [5.41, 5.74) is 0.567. The first-order chi connectivity index (χ1) is 9.13. The zero-order valence-electron chi connectivity index (χ0n) is 14.0. The molecule has 0 aromatic rings. The molecule has 0 radical (unpaired) electrons. The number of carbonyl (C=O) groups is 1. The second-order valence-corrected chi connectivity index (χ2v) is 5.70. The molecule has 0 rings (SSSR count). The van der Waals surface area contributed by atoms with Crippen LogP contribution in [-0.4, -0.2) is 61.9 Å². The normalized spacial score (nSPS) is 12.7. The SMILES string of the molecule is CC(C)N=C(NC(=O)C(=CN(C)C)N(C)C)NC(C)C. The van der Waals surface area contributed by atoms with E-state index in [1.165, 1.54) is 0 Å². The third kappa shape index (κ3) is 7.66. The lowest BCUT2D eigenvalue weighted by Gasteiger charge is -2.21. The summed E-state index contributed by atoms with van der Waals surface area (Å²) in [6.07, 6.45) is 1.78. The fourth-order valence-electron chi connectivity index (χ4n) is 1.43. The van der Waals surface area contributed by atoms with Crippen molar-refractivity contribution in [1.82, 2.24) is 20.4 Å². The number of amides is 1. The second-order valence-electron chi connectivity index (χ2n) is 5.70. The number of aliphatic imine (C=N–C) groups is 1. The molecular weight excluding hydrogens is 254 g/mol. The van der Waals surface area contributed by atoms with Crippen LogP contribution in [0.25, 0.3) is 0 Å². The smallest absolute Gasteiger partial charge is 0.275 e. The number of nitrogens with zero attached hydrogens (tertiary/aromatic N) is 3. The Balaban J connectivity index is 5.07. The number of likely N-dealkylation sites (N-methyl/N-ethyl adjacent to an activating group) is 1. The van der Waals surface area contributed by atoms with E-state index in [4.69, 9.17) is 0 Å². The number of nitrogens with one attached hydrogen (secondary N) is 2. The second kappa shape index (κ2) is 8.45. The first-order valence-corrected chi connectivity index (χ1v) is 6.84. The Morgan fingerprint density at radius 2 is 1.65 bits per heavy atom. The first kappa shape index (κ1) is 18.3.